The Balaban J connectivity index is 1.61. The molecular weight excluding hydrogens is 617 g/mol. The van der Waals surface area contributed by atoms with Gasteiger partial charge in [-0.2, -0.15) is 18.2 Å². The number of nitrogens with zero attached hydrogens (tertiary/aromatic N) is 5. The molecule has 45 heavy (non-hydrogen) atoms. The second-order valence-corrected chi connectivity index (χ2v) is 12.7. The molecule has 0 radical (unpaired) electrons. The van der Waals surface area contributed by atoms with Crippen LogP contribution in [0.2, 0.25) is 0 Å². The van der Waals surface area contributed by atoms with E-state index in [9.17, 15) is 27.2 Å². The number of carbonyl (C=O) groups is 1. The number of halogens is 5. The number of benzene rings is 2. The lowest BCUT2D eigenvalue weighted by molar-refractivity contribution is -0.137. The first-order valence-electron chi connectivity index (χ1n) is 14.7. The zero-order valence-electron chi connectivity index (χ0n) is 24.7. The molecule has 240 valence electrons. The van der Waals surface area contributed by atoms with E-state index >= 15 is 4.39 Å². The molecule has 8 nitrogen and oxygen atoms in total. The number of carbonyl (C=O) groups excluding carboxylic acids is 1. The van der Waals surface area contributed by atoms with Gasteiger partial charge in [0.15, 0.2) is 0 Å². The van der Waals surface area contributed by atoms with E-state index in [-0.39, 0.29) is 58.4 Å². The number of ether oxygens (including phenoxy) is 1. The van der Waals surface area contributed by atoms with Crippen LogP contribution in [0.25, 0.3) is 22.0 Å². The number of anilines is 1. The Morgan fingerprint density at radius 1 is 1.13 bits per heavy atom. The van der Waals surface area contributed by atoms with Gasteiger partial charge in [-0.15, -0.1) is 11.8 Å². The number of thioether (sulfide) groups is 1. The number of rotatable bonds is 5. The molecule has 3 aliphatic heterocycles. The Morgan fingerprint density at radius 2 is 1.82 bits per heavy atom. The van der Waals surface area contributed by atoms with Crippen LogP contribution in [0.3, 0.4) is 0 Å². The van der Waals surface area contributed by atoms with Crippen molar-refractivity contribution in [3.8, 4) is 11.1 Å². The average molecular weight is 650 g/mol. The standard InChI is InChI=1S/C31H32F5N5O3S/c1-4-25(42)40-17(2)13-39(14-18(40)3)29-22-12-23(31(34,35)36)26(21-6-5-19(32)11-24(21)33)28-27(22)41(30(43)37-29)20(16-45-28)15-38-7-9-44-10-8-38/h4-6,11-12,17-18,20H,1,7-10,13-16H2,2-3H3/t17-,18+,20?. The summed E-state index contributed by atoms with van der Waals surface area (Å²) in [5, 5.41) is 0.102. The lowest BCUT2D eigenvalue weighted by Crippen LogP contribution is -2.58. The van der Waals surface area contributed by atoms with Crippen LogP contribution in [0.15, 0.2) is 46.6 Å². The van der Waals surface area contributed by atoms with Crippen molar-refractivity contribution in [2.75, 3.05) is 56.6 Å². The number of piperazine rings is 1. The lowest BCUT2D eigenvalue weighted by Gasteiger charge is -2.45. The third-order valence-corrected chi connectivity index (χ3v) is 9.89. The molecule has 2 fully saturated rings. The molecule has 1 amide bonds. The van der Waals surface area contributed by atoms with Crippen molar-refractivity contribution in [1.82, 2.24) is 19.4 Å². The van der Waals surface area contributed by atoms with Crippen LogP contribution in [-0.2, 0) is 15.7 Å². The minimum atomic E-state index is -4.92. The topological polar surface area (TPSA) is 70.9 Å². The lowest BCUT2D eigenvalue weighted by atomic mass is 9.95. The first kappa shape index (κ1) is 31.5. The summed E-state index contributed by atoms with van der Waals surface area (Å²) in [5.41, 5.74) is -2.35. The van der Waals surface area contributed by atoms with Gasteiger partial charge in [-0.05, 0) is 38.1 Å². The van der Waals surface area contributed by atoms with Gasteiger partial charge < -0.3 is 14.5 Å². The molecule has 1 aromatic heterocycles. The number of hydrogen-bond acceptors (Lipinski definition) is 7. The second kappa shape index (κ2) is 12.0. The van der Waals surface area contributed by atoms with Crippen molar-refractivity contribution in [2.24, 2.45) is 0 Å². The van der Waals surface area contributed by atoms with Crippen LogP contribution in [0.4, 0.5) is 27.8 Å². The summed E-state index contributed by atoms with van der Waals surface area (Å²) in [6, 6.07) is 2.26. The third kappa shape index (κ3) is 5.72. The maximum Gasteiger partial charge on any atom is 0.417 e. The van der Waals surface area contributed by atoms with Gasteiger partial charge in [0.1, 0.15) is 17.5 Å². The fourth-order valence-electron chi connectivity index (χ4n) is 6.77. The molecule has 6 rings (SSSR count). The Hall–Kier alpha value is -3.49. The highest BCUT2D eigenvalue weighted by atomic mass is 32.2. The SMILES string of the molecule is C=CC(=O)N1[C@H](C)CN(c2nc(=O)n3c4c(c(-c5ccc(F)cc5F)c(C(F)(F)F)cc24)SCC3CN2CCOCC2)C[C@@H]1C. The Morgan fingerprint density at radius 3 is 2.44 bits per heavy atom. The minimum absolute atomic E-state index is 0.0705. The molecule has 2 saturated heterocycles. The third-order valence-electron chi connectivity index (χ3n) is 8.66. The monoisotopic (exact) mass is 649 g/mol. The molecule has 2 aromatic carbocycles. The molecular formula is C31H32F5N5O3S. The minimum Gasteiger partial charge on any atom is -0.379 e. The first-order valence-corrected chi connectivity index (χ1v) is 15.7. The van der Waals surface area contributed by atoms with Gasteiger partial charge in [0.25, 0.3) is 0 Å². The number of aromatic nitrogens is 2. The fraction of sp³-hybridized carbons (Fsp3) is 0.452. The van der Waals surface area contributed by atoms with Gasteiger partial charge >= 0.3 is 11.9 Å². The molecule has 0 spiro atoms. The molecule has 4 heterocycles. The van der Waals surface area contributed by atoms with Crippen molar-refractivity contribution in [3.63, 3.8) is 0 Å². The Labute approximate surface area is 260 Å². The van der Waals surface area contributed by atoms with Crippen LogP contribution >= 0.6 is 11.8 Å². The maximum atomic E-state index is 15.2. The van der Waals surface area contributed by atoms with Crippen molar-refractivity contribution in [2.45, 2.75) is 43.0 Å². The zero-order valence-corrected chi connectivity index (χ0v) is 25.6. The predicted octanol–water partition coefficient (Wildman–Crippen LogP) is 4.95. The molecule has 3 atom stereocenters. The van der Waals surface area contributed by atoms with Crippen molar-refractivity contribution >= 4 is 34.4 Å². The van der Waals surface area contributed by atoms with Gasteiger partial charge in [0, 0.05) is 78.0 Å². The normalized spacial score (nSPS) is 22.6. The Kier molecular flexibility index (Phi) is 8.42. The predicted molar refractivity (Wildman–Crippen MR) is 162 cm³/mol. The molecule has 3 aromatic rings. The van der Waals surface area contributed by atoms with E-state index in [1.165, 1.54) is 10.6 Å². The van der Waals surface area contributed by atoms with Gasteiger partial charge in [0.05, 0.1) is 30.3 Å². The summed E-state index contributed by atoms with van der Waals surface area (Å²) in [7, 11) is 0. The van der Waals surface area contributed by atoms with E-state index in [0.29, 0.717) is 38.9 Å². The zero-order chi connectivity index (χ0) is 32.2. The quantitative estimate of drug-likeness (QED) is 0.286. The molecule has 14 heteroatoms. The van der Waals surface area contributed by atoms with E-state index in [1.54, 1.807) is 9.80 Å². The van der Waals surface area contributed by atoms with Crippen LogP contribution in [-0.4, -0.2) is 89.0 Å². The second-order valence-electron chi connectivity index (χ2n) is 11.7. The summed E-state index contributed by atoms with van der Waals surface area (Å²) < 4.78 is 80.6. The summed E-state index contributed by atoms with van der Waals surface area (Å²) >= 11 is 1.13. The summed E-state index contributed by atoms with van der Waals surface area (Å²) in [5.74, 6) is -2.01. The van der Waals surface area contributed by atoms with Gasteiger partial charge in [-0.25, -0.2) is 13.6 Å². The van der Waals surface area contributed by atoms with Crippen molar-refractivity contribution in [3.05, 3.63) is 64.6 Å². The highest BCUT2D eigenvalue weighted by Crippen LogP contribution is 2.50. The Bertz CT molecular complexity index is 1710. The van der Waals surface area contributed by atoms with E-state index in [4.69, 9.17) is 4.74 Å². The molecule has 1 unspecified atom stereocenters. The first-order chi connectivity index (χ1) is 21.4. The fourth-order valence-corrected chi connectivity index (χ4v) is 8.09. The van der Waals surface area contributed by atoms with Crippen LogP contribution in [0.1, 0.15) is 25.5 Å². The van der Waals surface area contributed by atoms with Gasteiger partial charge in [-0.3, -0.25) is 14.3 Å². The van der Waals surface area contributed by atoms with Crippen molar-refractivity contribution in [1.29, 1.82) is 0 Å². The summed E-state index contributed by atoms with van der Waals surface area (Å²) in [6.45, 7) is 10.4. The molecule has 0 N–H and O–H groups in total. The molecule has 0 saturated carbocycles. The van der Waals surface area contributed by atoms with E-state index in [0.717, 1.165) is 30.0 Å². The van der Waals surface area contributed by atoms with Crippen LogP contribution in [0, 0.1) is 11.6 Å². The van der Waals surface area contributed by atoms with E-state index in [2.05, 4.69) is 16.5 Å². The average Bonchev–Trinajstić information content (AvgIpc) is 2.98. The summed E-state index contributed by atoms with van der Waals surface area (Å²) in [6.07, 6.45) is -3.70. The smallest absolute Gasteiger partial charge is 0.379 e. The molecule has 0 bridgehead atoms. The molecule has 0 aliphatic carbocycles. The van der Waals surface area contributed by atoms with E-state index in [1.807, 2.05) is 13.8 Å². The highest BCUT2D eigenvalue weighted by molar-refractivity contribution is 7.99. The highest BCUT2D eigenvalue weighted by Gasteiger charge is 2.41. The number of hydrogen-bond donors (Lipinski definition) is 0. The van der Waals surface area contributed by atoms with Gasteiger partial charge in [0.2, 0.25) is 5.91 Å². The van der Waals surface area contributed by atoms with Crippen LogP contribution in [0.5, 0.6) is 0 Å². The van der Waals surface area contributed by atoms with Crippen molar-refractivity contribution < 1.29 is 31.5 Å². The summed E-state index contributed by atoms with van der Waals surface area (Å²) in [4.78, 5) is 36.5. The number of alkyl halides is 3. The largest absolute Gasteiger partial charge is 0.417 e. The number of amides is 1. The molecule has 3 aliphatic rings. The maximum absolute atomic E-state index is 15.2. The van der Waals surface area contributed by atoms with Crippen LogP contribution < -0.4 is 10.6 Å². The van der Waals surface area contributed by atoms with E-state index < -0.39 is 46.2 Å². The number of morpholine rings is 1. The van der Waals surface area contributed by atoms with Gasteiger partial charge in [-0.1, -0.05) is 6.58 Å².